The number of benzene rings is 2. The molecule has 0 aromatic heterocycles. The molecule has 5 nitrogen and oxygen atoms in total. The van der Waals surface area contributed by atoms with Crippen LogP contribution in [-0.2, 0) is 16.0 Å². The minimum atomic E-state index is -0.831. The highest BCUT2D eigenvalue weighted by atomic mass is 16.5. The molecule has 0 radical (unpaired) electrons. The number of carbonyl (C=O) groups is 2. The van der Waals surface area contributed by atoms with Crippen molar-refractivity contribution in [2.75, 3.05) is 7.11 Å². The third-order valence-electron chi connectivity index (χ3n) is 5.46. The Hall–Kier alpha value is -2.56. The van der Waals surface area contributed by atoms with Gasteiger partial charge in [-0.15, -0.1) is 0 Å². The summed E-state index contributed by atoms with van der Waals surface area (Å²) in [5.41, 5.74) is 0.217. The molecule has 1 aliphatic carbocycles. The molecular formula is C21H25NO4. The van der Waals surface area contributed by atoms with Gasteiger partial charge in [0.05, 0.1) is 25.0 Å². The fourth-order valence-electron chi connectivity index (χ4n) is 4.01. The average Bonchev–Trinajstić information content (AvgIpc) is 2.61. The first-order chi connectivity index (χ1) is 12.4. The van der Waals surface area contributed by atoms with Crippen LogP contribution < -0.4 is 10.1 Å². The summed E-state index contributed by atoms with van der Waals surface area (Å²) in [5, 5.41) is 14.5. The number of amides is 1. The first-order valence-corrected chi connectivity index (χ1v) is 9.02. The second kappa shape index (κ2) is 7.36. The second-order valence-corrected chi connectivity index (χ2v) is 7.28. The maximum absolute atomic E-state index is 12.7. The monoisotopic (exact) mass is 355 g/mol. The van der Waals surface area contributed by atoms with Crippen LogP contribution in [-0.4, -0.2) is 29.6 Å². The van der Waals surface area contributed by atoms with E-state index in [1.54, 1.807) is 7.11 Å². The lowest BCUT2D eigenvalue weighted by atomic mass is 9.74. The van der Waals surface area contributed by atoms with Crippen LogP contribution in [0.15, 0.2) is 36.4 Å². The van der Waals surface area contributed by atoms with E-state index < -0.39 is 17.4 Å². The number of rotatable bonds is 5. The summed E-state index contributed by atoms with van der Waals surface area (Å²) in [6.45, 7) is 1.86. The summed E-state index contributed by atoms with van der Waals surface area (Å²) < 4.78 is 5.29. The third-order valence-corrected chi connectivity index (χ3v) is 5.46. The number of methoxy groups -OCH3 is 1. The number of carbonyl (C=O) groups excluding carboxylic acids is 1. The number of nitrogens with one attached hydrogen (secondary N) is 1. The first kappa shape index (κ1) is 18.2. The molecule has 1 amide bonds. The Labute approximate surface area is 153 Å². The van der Waals surface area contributed by atoms with Gasteiger partial charge >= 0.3 is 5.97 Å². The highest BCUT2D eigenvalue weighted by Gasteiger charge is 2.42. The van der Waals surface area contributed by atoms with Gasteiger partial charge in [0.1, 0.15) is 5.75 Å². The number of hydrogen-bond donors (Lipinski definition) is 2. The van der Waals surface area contributed by atoms with E-state index in [-0.39, 0.29) is 12.3 Å². The van der Waals surface area contributed by atoms with Gasteiger partial charge in [0.15, 0.2) is 0 Å². The van der Waals surface area contributed by atoms with Crippen LogP contribution in [0.4, 0.5) is 0 Å². The third kappa shape index (κ3) is 3.66. The summed E-state index contributed by atoms with van der Waals surface area (Å²) in [7, 11) is 1.62. The van der Waals surface area contributed by atoms with Crippen LogP contribution in [0.1, 0.15) is 38.2 Å². The van der Waals surface area contributed by atoms with Crippen molar-refractivity contribution >= 4 is 22.6 Å². The van der Waals surface area contributed by atoms with Crippen molar-refractivity contribution in [2.24, 2.45) is 5.92 Å². The lowest BCUT2D eigenvalue weighted by molar-refractivity contribution is -0.146. The van der Waals surface area contributed by atoms with Crippen molar-refractivity contribution in [1.29, 1.82) is 0 Å². The van der Waals surface area contributed by atoms with E-state index in [1.165, 1.54) is 0 Å². The molecule has 2 N–H and O–H groups in total. The number of carboxylic acids is 1. The van der Waals surface area contributed by atoms with Gasteiger partial charge in [-0.3, -0.25) is 9.59 Å². The largest absolute Gasteiger partial charge is 0.497 e. The molecule has 2 atom stereocenters. The zero-order valence-electron chi connectivity index (χ0n) is 15.2. The van der Waals surface area contributed by atoms with E-state index in [1.807, 2.05) is 43.3 Å². The smallest absolute Gasteiger partial charge is 0.308 e. The molecule has 0 aliphatic heterocycles. The van der Waals surface area contributed by atoms with Gasteiger partial charge in [-0.25, -0.2) is 0 Å². The van der Waals surface area contributed by atoms with Crippen molar-refractivity contribution in [1.82, 2.24) is 5.32 Å². The van der Waals surface area contributed by atoms with E-state index >= 15 is 0 Å². The number of carboxylic acid groups (broad SMARTS) is 1. The number of hydrogen-bond acceptors (Lipinski definition) is 3. The maximum Gasteiger partial charge on any atom is 0.308 e. The molecule has 1 aliphatic rings. The van der Waals surface area contributed by atoms with Gasteiger partial charge in [-0.05, 0) is 48.2 Å². The SMILES string of the molecule is COc1ccc2cccc(CC(=O)NC3(C)CCCCC3C(=O)O)c2c1. The van der Waals surface area contributed by atoms with Crippen LogP contribution in [0.25, 0.3) is 10.8 Å². The molecule has 26 heavy (non-hydrogen) atoms. The van der Waals surface area contributed by atoms with Crippen molar-refractivity contribution in [3.05, 3.63) is 42.0 Å². The predicted molar refractivity (Wildman–Crippen MR) is 100 cm³/mol. The van der Waals surface area contributed by atoms with E-state index in [4.69, 9.17) is 4.74 Å². The molecule has 1 fully saturated rings. The highest BCUT2D eigenvalue weighted by Crippen LogP contribution is 2.34. The Morgan fingerprint density at radius 3 is 2.81 bits per heavy atom. The van der Waals surface area contributed by atoms with Gasteiger partial charge in [0.2, 0.25) is 5.91 Å². The summed E-state index contributed by atoms with van der Waals surface area (Å²) in [4.78, 5) is 24.3. The second-order valence-electron chi connectivity index (χ2n) is 7.28. The Bertz CT molecular complexity index is 832. The quantitative estimate of drug-likeness (QED) is 0.860. The lowest BCUT2D eigenvalue weighted by Crippen LogP contribution is -2.55. The van der Waals surface area contributed by atoms with Crippen LogP contribution in [0, 0.1) is 5.92 Å². The van der Waals surface area contributed by atoms with Gasteiger partial charge in [-0.2, -0.15) is 0 Å². The number of ether oxygens (including phenoxy) is 1. The van der Waals surface area contributed by atoms with Crippen LogP contribution in [0.3, 0.4) is 0 Å². The highest BCUT2D eigenvalue weighted by molar-refractivity contribution is 5.91. The summed E-state index contributed by atoms with van der Waals surface area (Å²) >= 11 is 0. The molecule has 2 aromatic carbocycles. The molecule has 138 valence electrons. The average molecular weight is 355 g/mol. The van der Waals surface area contributed by atoms with Crippen molar-refractivity contribution in [3.63, 3.8) is 0 Å². The van der Waals surface area contributed by atoms with E-state index in [0.29, 0.717) is 12.8 Å². The molecule has 5 heteroatoms. The predicted octanol–water partition coefficient (Wildman–Crippen LogP) is 3.54. The van der Waals surface area contributed by atoms with Crippen LogP contribution in [0.5, 0.6) is 5.75 Å². The van der Waals surface area contributed by atoms with Gasteiger partial charge in [0.25, 0.3) is 0 Å². The summed E-state index contributed by atoms with van der Waals surface area (Å²) in [6, 6.07) is 11.7. The molecule has 1 saturated carbocycles. The zero-order chi connectivity index (χ0) is 18.7. The van der Waals surface area contributed by atoms with E-state index in [9.17, 15) is 14.7 Å². The number of fused-ring (bicyclic) bond motifs is 1. The van der Waals surface area contributed by atoms with Crippen molar-refractivity contribution in [2.45, 2.75) is 44.6 Å². The molecular weight excluding hydrogens is 330 g/mol. The molecule has 2 aromatic rings. The molecule has 0 spiro atoms. The topological polar surface area (TPSA) is 75.6 Å². The summed E-state index contributed by atoms with van der Waals surface area (Å²) in [5.74, 6) is -0.762. The van der Waals surface area contributed by atoms with Gasteiger partial charge in [0, 0.05) is 0 Å². The molecule has 0 heterocycles. The minimum Gasteiger partial charge on any atom is -0.497 e. The minimum absolute atomic E-state index is 0.143. The number of aliphatic carboxylic acids is 1. The first-order valence-electron chi connectivity index (χ1n) is 9.02. The van der Waals surface area contributed by atoms with E-state index in [0.717, 1.165) is 34.9 Å². The van der Waals surface area contributed by atoms with Crippen molar-refractivity contribution < 1.29 is 19.4 Å². The normalized spacial score (nSPS) is 22.8. The van der Waals surface area contributed by atoms with Crippen molar-refractivity contribution in [3.8, 4) is 5.75 Å². The van der Waals surface area contributed by atoms with Gasteiger partial charge < -0.3 is 15.2 Å². The molecule has 0 bridgehead atoms. The molecule has 0 saturated heterocycles. The van der Waals surface area contributed by atoms with E-state index in [2.05, 4.69) is 5.32 Å². The Kier molecular flexibility index (Phi) is 5.16. The Balaban J connectivity index is 1.81. The zero-order valence-corrected chi connectivity index (χ0v) is 15.2. The fourth-order valence-corrected chi connectivity index (χ4v) is 4.01. The maximum atomic E-state index is 12.7. The molecule has 3 rings (SSSR count). The molecule has 2 unspecified atom stereocenters. The van der Waals surface area contributed by atoms with Crippen LogP contribution >= 0.6 is 0 Å². The van der Waals surface area contributed by atoms with Crippen LogP contribution in [0.2, 0.25) is 0 Å². The standard InChI is InChI=1S/C21H25NO4/c1-21(11-4-3-8-18(21)20(24)25)22-19(23)12-15-7-5-6-14-9-10-16(26-2)13-17(14)15/h5-7,9-10,13,18H,3-4,8,11-12H2,1-2H3,(H,22,23)(H,24,25). The summed E-state index contributed by atoms with van der Waals surface area (Å²) in [6.07, 6.45) is 3.35. The lowest BCUT2D eigenvalue weighted by Gasteiger charge is -2.39. The fraction of sp³-hybridized carbons (Fsp3) is 0.429. The Morgan fingerprint density at radius 1 is 1.27 bits per heavy atom. The van der Waals surface area contributed by atoms with Gasteiger partial charge in [-0.1, -0.05) is 37.1 Å². The Morgan fingerprint density at radius 2 is 2.08 bits per heavy atom.